The SMILES string of the molecule is CCCCC/C=C\C/C(=C\C/C=C\C/C=C\CCCCCC=O)[N+](=O)[O-]. The van der Waals surface area contributed by atoms with Gasteiger partial charge < -0.3 is 4.79 Å². The summed E-state index contributed by atoms with van der Waals surface area (Å²) in [6.07, 6.45) is 26.2. The molecular formula is C22H35NO3. The highest BCUT2D eigenvalue weighted by Crippen LogP contribution is 2.08. The summed E-state index contributed by atoms with van der Waals surface area (Å²) in [5, 5.41) is 11.0. The van der Waals surface area contributed by atoms with Crippen LogP contribution in [0.15, 0.2) is 48.2 Å². The Bertz CT molecular complexity index is 476. The molecule has 0 spiro atoms. The van der Waals surface area contributed by atoms with E-state index >= 15 is 0 Å². The summed E-state index contributed by atoms with van der Waals surface area (Å²) in [5.41, 5.74) is 0.271. The first-order valence-electron chi connectivity index (χ1n) is 9.94. The third-order valence-electron chi connectivity index (χ3n) is 3.99. The van der Waals surface area contributed by atoms with Crippen LogP contribution in [-0.4, -0.2) is 11.2 Å². The highest BCUT2D eigenvalue weighted by atomic mass is 16.6. The molecule has 0 aliphatic rings. The molecule has 0 heterocycles. The predicted octanol–water partition coefficient (Wildman–Crippen LogP) is 6.72. The molecule has 146 valence electrons. The lowest BCUT2D eigenvalue weighted by atomic mass is 10.1. The summed E-state index contributed by atoms with van der Waals surface area (Å²) in [4.78, 5) is 20.9. The molecule has 0 aromatic rings. The number of nitro groups is 1. The number of hydrogen-bond acceptors (Lipinski definition) is 3. The molecule has 4 nitrogen and oxygen atoms in total. The minimum atomic E-state index is -0.283. The van der Waals surface area contributed by atoms with Crippen molar-refractivity contribution in [1.82, 2.24) is 0 Å². The van der Waals surface area contributed by atoms with Gasteiger partial charge in [0, 0.05) is 6.42 Å². The fourth-order valence-electron chi connectivity index (χ4n) is 2.42. The zero-order valence-electron chi connectivity index (χ0n) is 16.3. The van der Waals surface area contributed by atoms with E-state index in [0.717, 1.165) is 51.2 Å². The van der Waals surface area contributed by atoms with E-state index < -0.39 is 0 Å². The molecule has 4 heteroatoms. The van der Waals surface area contributed by atoms with Crippen molar-refractivity contribution in [3.8, 4) is 0 Å². The van der Waals surface area contributed by atoms with Crippen molar-refractivity contribution in [2.45, 2.75) is 84.0 Å². The molecule has 0 unspecified atom stereocenters. The quantitative estimate of drug-likeness (QED) is 0.0950. The summed E-state index contributed by atoms with van der Waals surface area (Å²) < 4.78 is 0. The Hall–Kier alpha value is -1.97. The smallest absolute Gasteiger partial charge is 0.246 e. The van der Waals surface area contributed by atoms with Crippen LogP contribution < -0.4 is 0 Å². The molecule has 0 aliphatic heterocycles. The average Bonchev–Trinajstić information content (AvgIpc) is 2.63. The number of aldehydes is 1. The second kappa shape index (κ2) is 19.4. The summed E-state index contributed by atoms with van der Waals surface area (Å²) >= 11 is 0. The molecule has 0 saturated carbocycles. The number of carbonyl (C=O) groups excluding carboxylic acids is 1. The van der Waals surface area contributed by atoms with Crippen LogP contribution in [0.25, 0.3) is 0 Å². The van der Waals surface area contributed by atoms with Gasteiger partial charge in [-0.15, -0.1) is 0 Å². The summed E-state index contributed by atoms with van der Waals surface area (Å²) in [5.74, 6) is 0. The molecule has 0 aromatic carbocycles. The maximum Gasteiger partial charge on any atom is 0.246 e. The number of carbonyl (C=O) groups is 1. The van der Waals surface area contributed by atoms with Crippen LogP contribution in [0.3, 0.4) is 0 Å². The van der Waals surface area contributed by atoms with Crippen LogP contribution in [0.5, 0.6) is 0 Å². The Labute approximate surface area is 158 Å². The van der Waals surface area contributed by atoms with Gasteiger partial charge in [0.2, 0.25) is 5.70 Å². The lowest BCUT2D eigenvalue weighted by Crippen LogP contribution is -1.97. The zero-order chi connectivity index (χ0) is 19.3. The van der Waals surface area contributed by atoms with Crippen molar-refractivity contribution in [3.63, 3.8) is 0 Å². The molecule has 0 bridgehead atoms. The molecule has 0 rings (SSSR count). The third-order valence-corrected chi connectivity index (χ3v) is 3.99. The lowest BCUT2D eigenvalue weighted by molar-refractivity contribution is -0.427. The summed E-state index contributed by atoms with van der Waals surface area (Å²) in [7, 11) is 0. The number of nitrogens with zero attached hydrogens (tertiary/aromatic N) is 1. The van der Waals surface area contributed by atoms with Crippen LogP contribution in [0.1, 0.15) is 84.0 Å². The Kier molecular flexibility index (Phi) is 17.9. The highest BCUT2D eigenvalue weighted by Gasteiger charge is 2.06. The van der Waals surface area contributed by atoms with E-state index in [9.17, 15) is 14.9 Å². The van der Waals surface area contributed by atoms with Crippen LogP contribution in [-0.2, 0) is 4.79 Å². The van der Waals surface area contributed by atoms with Gasteiger partial charge in [0.1, 0.15) is 6.29 Å². The van der Waals surface area contributed by atoms with Crippen molar-refractivity contribution < 1.29 is 9.72 Å². The molecule has 0 aromatic heterocycles. The molecule has 0 radical (unpaired) electrons. The van der Waals surface area contributed by atoms with Crippen molar-refractivity contribution in [2.24, 2.45) is 0 Å². The van der Waals surface area contributed by atoms with E-state index in [2.05, 4.69) is 19.1 Å². The molecule has 0 N–H and O–H groups in total. The van der Waals surface area contributed by atoms with Crippen LogP contribution in [0.2, 0.25) is 0 Å². The summed E-state index contributed by atoms with van der Waals surface area (Å²) in [6.45, 7) is 2.17. The molecular weight excluding hydrogens is 326 g/mol. The predicted molar refractivity (Wildman–Crippen MR) is 110 cm³/mol. The van der Waals surface area contributed by atoms with E-state index in [1.54, 1.807) is 6.08 Å². The fourth-order valence-corrected chi connectivity index (χ4v) is 2.42. The van der Waals surface area contributed by atoms with Gasteiger partial charge in [-0.1, -0.05) is 62.6 Å². The number of allylic oxidation sites excluding steroid dienone is 7. The maximum absolute atomic E-state index is 11.0. The fraction of sp³-hybridized carbons (Fsp3) is 0.591. The largest absolute Gasteiger partial charge is 0.303 e. The second-order valence-corrected chi connectivity index (χ2v) is 6.34. The second-order valence-electron chi connectivity index (χ2n) is 6.34. The van der Waals surface area contributed by atoms with Crippen molar-refractivity contribution in [3.05, 3.63) is 58.3 Å². The minimum Gasteiger partial charge on any atom is -0.303 e. The van der Waals surface area contributed by atoms with Crippen molar-refractivity contribution in [1.29, 1.82) is 0 Å². The average molecular weight is 362 g/mol. The van der Waals surface area contributed by atoms with Crippen molar-refractivity contribution in [2.75, 3.05) is 0 Å². The Morgan fingerprint density at radius 2 is 1.42 bits per heavy atom. The van der Waals surface area contributed by atoms with Crippen molar-refractivity contribution >= 4 is 6.29 Å². The van der Waals surface area contributed by atoms with Gasteiger partial charge in [-0.3, -0.25) is 10.1 Å². The Balaban J connectivity index is 3.91. The molecule has 0 amide bonds. The van der Waals surface area contributed by atoms with Gasteiger partial charge >= 0.3 is 0 Å². The van der Waals surface area contributed by atoms with Crippen LogP contribution >= 0.6 is 0 Å². The van der Waals surface area contributed by atoms with Gasteiger partial charge in [0.15, 0.2) is 0 Å². The van der Waals surface area contributed by atoms with E-state index in [1.165, 1.54) is 12.8 Å². The van der Waals surface area contributed by atoms with E-state index in [-0.39, 0.29) is 10.6 Å². The highest BCUT2D eigenvalue weighted by molar-refractivity contribution is 5.48. The van der Waals surface area contributed by atoms with Gasteiger partial charge in [-0.05, 0) is 51.0 Å². The first kappa shape index (κ1) is 24.0. The third kappa shape index (κ3) is 16.9. The first-order valence-corrected chi connectivity index (χ1v) is 9.94. The minimum absolute atomic E-state index is 0.271. The Morgan fingerprint density at radius 1 is 0.808 bits per heavy atom. The number of hydrogen-bond donors (Lipinski definition) is 0. The van der Waals surface area contributed by atoms with Crippen LogP contribution in [0.4, 0.5) is 0 Å². The topological polar surface area (TPSA) is 60.2 Å². The van der Waals surface area contributed by atoms with Crippen LogP contribution in [0, 0.1) is 10.1 Å². The van der Waals surface area contributed by atoms with Gasteiger partial charge in [0.05, 0.1) is 11.3 Å². The monoisotopic (exact) mass is 361 g/mol. The molecule has 0 aliphatic carbocycles. The number of unbranched alkanes of at least 4 members (excludes halogenated alkanes) is 7. The normalized spacial score (nSPS) is 12.6. The zero-order valence-corrected chi connectivity index (χ0v) is 16.3. The first-order chi connectivity index (χ1) is 12.7. The van der Waals surface area contributed by atoms with Gasteiger partial charge in [-0.2, -0.15) is 0 Å². The molecule has 0 atom stereocenters. The van der Waals surface area contributed by atoms with E-state index in [4.69, 9.17) is 0 Å². The molecule has 0 fully saturated rings. The van der Waals surface area contributed by atoms with Gasteiger partial charge in [-0.25, -0.2) is 0 Å². The Morgan fingerprint density at radius 3 is 2.12 bits per heavy atom. The standard InChI is InChI=1S/C22H35NO3/c1-2-3-4-5-13-16-19-22(23(25)26)20-17-14-11-9-7-6-8-10-12-15-18-21-24/h6-7,11,13-14,16,20-21H,2-5,8-10,12,15,17-19H2,1H3/b7-6-,14-11-,16-13-,22-20+. The lowest BCUT2D eigenvalue weighted by Gasteiger charge is -1.95. The summed E-state index contributed by atoms with van der Waals surface area (Å²) in [6, 6.07) is 0. The maximum atomic E-state index is 11.0. The van der Waals surface area contributed by atoms with E-state index in [0.29, 0.717) is 19.3 Å². The molecule has 0 saturated heterocycles. The molecule has 26 heavy (non-hydrogen) atoms. The van der Waals surface area contributed by atoms with Gasteiger partial charge in [0.25, 0.3) is 0 Å². The number of rotatable bonds is 17. The van der Waals surface area contributed by atoms with E-state index in [1.807, 2.05) is 24.3 Å².